The summed E-state index contributed by atoms with van der Waals surface area (Å²) in [4.78, 5) is 0. The maximum Gasteiger partial charge on any atom is 0.0561 e. The van der Waals surface area contributed by atoms with Gasteiger partial charge in [-0.3, -0.25) is 0 Å². The molecule has 39 heavy (non-hydrogen) atoms. The molecule has 0 atom stereocenters. The predicted octanol–water partition coefficient (Wildman–Crippen LogP) is 12.6. The zero-order valence-electron chi connectivity index (χ0n) is 27.4. The van der Waals surface area contributed by atoms with Crippen LogP contribution < -0.4 is 0 Å². The number of hydrogen-bond acceptors (Lipinski definition) is 15. The van der Waals surface area contributed by atoms with E-state index in [9.17, 15) is 0 Å². The third-order valence-corrected chi connectivity index (χ3v) is 13.6. The second-order valence-electron chi connectivity index (χ2n) is 14.7. The largest absolute Gasteiger partial charge is 0.173 e. The number of hydrogen-bond donors (Lipinski definition) is 1. The van der Waals surface area contributed by atoms with Gasteiger partial charge in [0, 0.05) is 41.4 Å². The summed E-state index contributed by atoms with van der Waals surface area (Å²) in [7, 11) is 0. The third kappa shape index (κ3) is 25.2. The Labute approximate surface area is 288 Å². The molecule has 15 heteroatoms. The van der Waals surface area contributed by atoms with E-state index in [0.717, 1.165) is 0 Å². The van der Waals surface area contributed by atoms with Gasteiger partial charge < -0.3 is 0 Å². The summed E-state index contributed by atoms with van der Waals surface area (Å²) < 4.78 is 11.7. The van der Waals surface area contributed by atoms with Crippen LogP contribution in [0.2, 0.25) is 0 Å². The lowest BCUT2D eigenvalue weighted by Crippen LogP contribution is -2.36. The Morgan fingerprint density at radius 1 is 0.359 bits per heavy atom. The Morgan fingerprint density at radius 2 is 0.641 bits per heavy atom. The van der Waals surface area contributed by atoms with Crippen molar-refractivity contribution in [1.82, 2.24) is 16.2 Å². The molecule has 0 fully saturated rings. The van der Waals surface area contributed by atoms with Crippen LogP contribution in [-0.2, 0) is 0 Å². The van der Waals surface area contributed by atoms with Crippen LogP contribution >= 0.6 is 121 Å². The van der Waals surface area contributed by atoms with Gasteiger partial charge in [0.2, 0.25) is 0 Å². The van der Waals surface area contributed by atoms with Gasteiger partial charge >= 0.3 is 0 Å². The first-order valence-corrected chi connectivity index (χ1v) is 20.0. The molecule has 236 valence electrons. The average molecular weight is 734 g/mol. The van der Waals surface area contributed by atoms with E-state index in [1.54, 1.807) is 60.5 Å². The molecule has 0 amide bonds. The molecule has 5 nitrogen and oxygen atoms in total. The Morgan fingerprint density at radius 3 is 0.923 bits per heavy atom. The summed E-state index contributed by atoms with van der Waals surface area (Å²) in [6.07, 6.45) is 0. The summed E-state index contributed by atoms with van der Waals surface area (Å²) in [6, 6.07) is 0. The van der Waals surface area contributed by atoms with Crippen molar-refractivity contribution in [1.29, 1.82) is 0 Å². The fourth-order valence-electron chi connectivity index (χ4n) is 1.82. The van der Waals surface area contributed by atoms with E-state index in [2.05, 4.69) is 138 Å². The standard InChI is InChI=1S/C24H55N5S10/c1-19(2,3)25(31-20(4,5)6)36-27(33-22(10,11)12)38-29(35-24(16,17)18)39-28(34-23(13,14)15)37-26(30)32-21(7,8)9/h30H,1-18H3. The highest BCUT2D eigenvalue weighted by Crippen LogP contribution is 2.55. The second-order valence-corrected chi connectivity index (χ2v) is 30.6. The maximum absolute atomic E-state index is 4.79. The van der Waals surface area contributed by atoms with Crippen LogP contribution in [0.3, 0.4) is 0 Å². The van der Waals surface area contributed by atoms with Gasteiger partial charge in [0.1, 0.15) is 0 Å². The Hall–Kier alpha value is 3.30. The van der Waals surface area contributed by atoms with E-state index in [1.807, 2.05) is 50.9 Å². The van der Waals surface area contributed by atoms with Crippen LogP contribution in [-0.4, -0.2) is 45.4 Å². The first kappa shape index (κ1) is 42.3. The van der Waals surface area contributed by atoms with E-state index in [1.165, 1.54) is 0 Å². The normalized spacial score (nSPS) is 15.1. The summed E-state index contributed by atoms with van der Waals surface area (Å²) in [5.41, 5.74) is -0.0182. The molecule has 0 bridgehead atoms. The van der Waals surface area contributed by atoms with Crippen LogP contribution in [0, 0.1) is 0 Å². The number of thiol groups is 1. The quantitative estimate of drug-likeness (QED) is 0.143. The lowest BCUT2D eigenvalue weighted by atomic mass is 10.1. The Kier molecular flexibility index (Phi) is 18.2. The van der Waals surface area contributed by atoms with Crippen molar-refractivity contribution < 1.29 is 0 Å². The van der Waals surface area contributed by atoms with Gasteiger partial charge in [0.05, 0.1) is 36.4 Å². The fraction of sp³-hybridized carbons (Fsp3) is 1.00. The smallest absolute Gasteiger partial charge is 0.0561 e. The van der Waals surface area contributed by atoms with Gasteiger partial charge in [-0.15, -0.1) is 12.5 Å². The molecule has 0 aromatic carbocycles. The van der Waals surface area contributed by atoms with Crippen molar-refractivity contribution in [3.05, 3.63) is 0 Å². The topological polar surface area (TPSA) is 16.2 Å². The van der Waals surface area contributed by atoms with Gasteiger partial charge in [-0.2, -0.15) is 3.71 Å². The lowest BCUT2D eigenvalue weighted by Gasteiger charge is -2.41. The number of rotatable bonds is 13. The monoisotopic (exact) mass is 733 g/mol. The maximum atomic E-state index is 4.79. The van der Waals surface area contributed by atoms with Crippen LogP contribution in [0.1, 0.15) is 125 Å². The fourth-order valence-corrected chi connectivity index (χ4v) is 17.5. The van der Waals surface area contributed by atoms with Gasteiger partial charge in [-0.1, -0.05) is 24.8 Å². The molecule has 0 aliphatic rings. The molecule has 0 aromatic heterocycles. The predicted molar refractivity (Wildman–Crippen MR) is 205 cm³/mol. The molecule has 0 aromatic rings. The minimum absolute atomic E-state index is 0.0182. The third-order valence-electron chi connectivity index (χ3n) is 2.85. The zero-order chi connectivity index (χ0) is 31.3. The van der Waals surface area contributed by atoms with E-state index < -0.39 is 0 Å². The molecule has 0 unspecified atom stereocenters. The van der Waals surface area contributed by atoms with Crippen molar-refractivity contribution in [2.24, 2.45) is 0 Å². The molecule has 0 heterocycles. The molecule has 0 aliphatic carbocycles. The molecular weight excluding hydrogens is 679 g/mol. The minimum atomic E-state index is -0.0182. The molecular formula is C24H55N5S10. The number of nitrogens with zero attached hydrogens (tertiary/aromatic N) is 5. The highest BCUT2D eigenvalue weighted by molar-refractivity contribution is 8.37. The molecule has 0 spiro atoms. The molecule has 0 aliphatic heterocycles. The SMILES string of the molecule is CC(C)(C)SN(S)SN(SN(SN(SN(SC(C)(C)C)C(C)(C)C)SC(C)(C)C)SC(C)(C)C)SC(C)(C)C. The van der Waals surface area contributed by atoms with Gasteiger partial charge in [0.25, 0.3) is 0 Å². The van der Waals surface area contributed by atoms with E-state index in [0.29, 0.717) is 0 Å². The second kappa shape index (κ2) is 16.7. The van der Waals surface area contributed by atoms with E-state index in [-0.39, 0.29) is 29.3 Å². The molecule has 0 saturated heterocycles. The Bertz CT molecular complexity index is 703. The van der Waals surface area contributed by atoms with E-state index >= 15 is 0 Å². The first-order valence-electron chi connectivity index (χ1n) is 12.8. The minimum Gasteiger partial charge on any atom is -0.173 e. The van der Waals surface area contributed by atoms with Gasteiger partial charge in [-0.05, 0) is 172 Å². The van der Waals surface area contributed by atoms with Crippen LogP contribution in [0.25, 0.3) is 0 Å². The Balaban J connectivity index is 6.20. The summed E-state index contributed by atoms with van der Waals surface area (Å²) in [5.74, 6) is 0. The van der Waals surface area contributed by atoms with Gasteiger partial charge in [-0.25, -0.2) is 0 Å². The van der Waals surface area contributed by atoms with Crippen LogP contribution in [0.5, 0.6) is 0 Å². The van der Waals surface area contributed by atoms with Crippen LogP contribution in [0.15, 0.2) is 0 Å². The molecule has 0 N–H and O–H groups in total. The molecule has 0 rings (SSSR count). The summed E-state index contributed by atoms with van der Waals surface area (Å²) in [5, 5.41) is 0. The van der Waals surface area contributed by atoms with Crippen molar-refractivity contribution in [2.45, 2.75) is 154 Å². The van der Waals surface area contributed by atoms with E-state index in [4.69, 9.17) is 12.8 Å². The first-order chi connectivity index (χ1) is 16.9. The van der Waals surface area contributed by atoms with Crippen molar-refractivity contribution >= 4 is 121 Å². The highest BCUT2D eigenvalue weighted by Gasteiger charge is 2.35. The van der Waals surface area contributed by atoms with Crippen molar-refractivity contribution in [3.8, 4) is 0 Å². The van der Waals surface area contributed by atoms with Gasteiger partial charge in [0.15, 0.2) is 0 Å². The molecule has 0 saturated carbocycles. The average Bonchev–Trinajstić information content (AvgIpc) is 2.52. The summed E-state index contributed by atoms with van der Waals surface area (Å²) in [6.45, 7) is 40.7. The van der Waals surface area contributed by atoms with Crippen molar-refractivity contribution in [3.63, 3.8) is 0 Å². The van der Waals surface area contributed by atoms with Crippen LogP contribution in [0.4, 0.5) is 0 Å². The lowest BCUT2D eigenvalue weighted by molar-refractivity contribution is 0.405. The van der Waals surface area contributed by atoms with Crippen molar-refractivity contribution in [2.75, 3.05) is 0 Å². The highest BCUT2D eigenvalue weighted by atomic mass is 32.3. The zero-order valence-corrected chi connectivity index (χ0v) is 35.6. The molecule has 0 radical (unpaired) electrons. The summed E-state index contributed by atoms with van der Waals surface area (Å²) >= 11 is 20.8.